The zero-order valence-electron chi connectivity index (χ0n) is 12.7. The van der Waals surface area contributed by atoms with Gasteiger partial charge in [-0.15, -0.1) is 0 Å². The van der Waals surface area contributed by atoms with Crippen molar-refractivity contribution in [2.45, 2.75) is 39.7 Å². The number of nitrogens with two attached hydrogens (primary N) is 1. The Morgan fingerprint density at radius 2 is 1.75 bits per heavy atom. The Balaban J connectivity index is 2.16. The summed E-state index contributed by atoms with van der Waals surface area (Å²) in [6.07, 6.45) is -0.0113. The molecule has 2 rings (SSSR count). The van der Waals surface area contributed by atoms with Crippen molar-refractivity contribution in [3.05, 3.63) is 59.2 Å². The van der Waals surface area contributed by atoms with E-state index in [4.69, 9.17) is 10.5 Å². The maximum atomic E-state index is 6.02. The van der Waals surface area contributed by atoms with Crippen LogP contribution in [0.2, 0.25) is 0 Å². The van der Waals surface area contributed by atoms with E-state index in [1.54, 1.807) is 0 Å². The van der Waals surface area contributed by atoms with E-state index in [2.05, 4.69) is 32.9 Å². The second-order valence-electron chi connectivity index (χ2n) is 5.60. The van der Waals surface area contributed by atoms with Crippen molar-refractivity contribution >= 4 is 5.69 Å². The summed E-state index contributed by atoms with van der Waals surface area (Å²) in [6.45, 7) is 8.59. The van der Waals surface area contributed by atoms with Gasteiger partial charge in [0.05, 0.1) is 0 Å². The van der Waals surface area contributed by atoms with Crippen LogP contribution in [-0.4, -0.2) is 0 Å². The second-order valence-corrected chi connectivity index (χ2v) is 5.60. The van der Waals surface area contributed by atoms with Crippen LogP contribution in [0.1, 0.15) is 49.5 Å². The minimum Gasteiger partial charge on any atom is -0.486 e. The molecule has 0 bridgehead atoms. The van der Waals surface area contributed by atoms with Gasteiger partial charge in [-0.1, -0.05) is 32.0 Å². The summed E-state index contributed by atoms with van der Waals surface area (Å²) >= 11 is 0. The van der Waals surface area contributed by atoms with Crippen LogP contribution >= 0.6 is 0 Å². The highest BCUT2D eigenvalue weighted by atomic mass is 16.5. The van der Waals surface area contributed by atoms with Crippen molar-refractivity contribution in [3.8, 4) is 5.75 Å². The van der Waals surface area contributed by atoms with Crippen LogP contribution in [0, 0.1) is 6.92 Å². The van der Waals surface area contributed by atoms with E-state index in [1.165, 1.54) is 11.1 Å². The summed E-state index contributed by atoms with van der Waals surface area (Å²) in [5, 5.41) is 0. The highest BCUT2D eigenvalue weighted by Gasteiger charge is 2.09. The van der Waals surface area contributed by atoms with E-state index < -0.39 is 0 Å². The molecule has 2 nitrogen and oxygen atoms in total. The molecule has 0 aromatic heterocycles. The van der Waals surface area contributed by atoms with Gasteiger partial charge in [0.25, 0.3) is 0 Å². The molecule has 106 valence electrons. The van der Waals surface area contributed by atoms with E-state index in [0.29, 0.717) is 5.92 Å². The molecule has 0 saturated carbocycles. The molecule has 20 heavy (non-hydrogen) atoms. The monoisotopic (exact) mass is 269 g/mol. The molecule has 0 saturated heterocycles. The van der Waals surface area contributed by atoms with Crippen molar-refractivity contribution in [1.29, 1.82) is 0 Å². The Morgan fingerprint density at radius 3 is 2.35 bits per heavy atom. The third kappa shape index (κ3) is 3.32. The van der Waals surface area contributed by atoms with Crippen molar-refractivity contribution in [1.82, 2.24) is 0 Å². The molecule has 2 aromatic carbocycles. The quantitative estimate of drug-likeness (QED) is 0.806. The number of ether oxygens (including phenoxy) is 1. The molecule has 0 aliphatic rings. The number of benzene rings is 2. The lowest BCUT2D eigenvalue weighted by molar-refractivity contribution is 0.227. The number of nitrogen functional groups attached to an aromatic ring is 1. The largest absolute Gasteiger partial charge is 0.486 e. The smallest absolute Gasteiger partial charge is 0.121 e. The highest BCUT2D eigenvalue weighted by molar-refractivity contribution is 5.42. The van der Waals surface area contributed by atoms with Gasteiger partial charge < -0.3 is 10.5 Å². The number of aryl methyl sites for hydroxylation is 1. The summed E-state index contributed by atoms with van der Waals surface area (Å²) in [7, 11) is 0. The topological polar surface area (TPSA) is 35.2 Å². The van der Waals surface area contributed by atoms with Gasteiger partial charge in [0.15, 0.2) is 0 Å². The summed E-state index contributed by atoms with van der Waals surface area (Å²) in [5.74, 6) is 1.44. The third-order valence-corrected chi connectivity index (χ3v) is 3.56. The lowest BCUT2D eigenvalue weighted by atomic mass is 9.98. The molecule has 0 spiro atoms. The normalized spacial score (nSPS) is 12.4. The van der Waals surface area contributed by atoms with Gasteiger partial charge in [-0.3, -0.25) is 0 Å². The second kappa shape index (κ2) is 6.00. The zero-order chi connectivity index (χ0) is 14.7. The minimum atomic E-state index is -0.0113. The van der Waals surface area contributed by atoms with Crippen LogP contribution in [0.3, 0.4) is 0 Å². The van der Waals surface area contributed by atoms with E-state index in [1.807, 2.05) is 37.3 Å². The molecule has 2 N–H and O–H groups in total. The van der Waals surface area contributed by atoms with Crippen LogP contribution in [0.4, 0.5) is 5.69 Å². The lowest BCUT2D eigenvalue weighted by Crippen LogP contribution is -2.04. The third-order valence-electron chi connectivity index (χ3n) is 3.56. The molecule has 2 heteroatoms. The van der Waals surface area contributed by atoms with E-state index in [0.717, 1.165) is 17.0 Å². The van der Waals surface area contributed by atoms with E-state index in [-0.39, 0.29) is 6.10 Å². The van der Waals surface area contributed by atoms with Crippen LogP contribution in [0.15, 0.2) is 42.5 Å². The van der Waals surface area contributed by atoms with Gasteiger partial charge in [0.2, 0.25) is 0 Å². The molecule has 1 unspecified atom stereocenters. The molecule has 0 radical (unpaired) electrons. The zero-order valence-corrected chi connectivity index (χ0v) is 12.7. The van der Waals surface area contributed by atoms with Gasteiger partial charge in [0.1, 0.15) is 11.9 Å². The molecule has 1 atom stereocenters. The summed E-state index contributed by atoms with van der Waals surface area (Å²) in [6, 6.07) is 14.1. The first-order valence-electron chi connectivity index (χ1n) is 7.10. The summed E-state index contributed by atoms with van der Waals surface area (Å²) < 4.78 is 6.02. The Labute approximate surface area is 121 Å². The van der Waals surface area contributed by atoms with Crippen LogP contribution < -0.4 is 10.5 Å². The van der Waals surface area contributed by atoms with Crippen molar-refractivity contribution < 1.29 is 4.74 Å². The first-order chi connectivity index (χ1) is 9.47. The fraction of sp³-hybridized carbons (Fsp3) is 0.333. The average molecular weight is 269 g/mol. The van der Waals surface area contributed by atoms with E-state index >= 15 is 0 Å². The summed E-state index contributed by atoms with van der Waals surface area (Å²) in [4.78, 5) is 0. The Kier molecular flexibility index (Phi) is 4.33. The van der Waals surface area contributed by atoms with Gasteiger partial charge in [-0.25, -0.2) is 0 Å². The van der Waals surface area contributed by atoms with Crippen LogP contribution in [0.5, 0.6) is 5.75 Å². The standard InChI is InChI=1S/C18H23NO/c1-12(2)18-9-8-17(10-13(18)3)20-14(4)15-6-5-7-16(19)11-15/h5-12,14H,19H2,1-4H3. The first-order valence-corrected chi connectivity index (χ1v) is 7.10. The predicted molar refractivity (Wildman–Crippen MR) is 85.2 cm³/mol. The molecule has 2 aromatic rings. The minimum absolute atomic E-state index is 0.0113. The molecule has 0 aliphatic carbocycles. The van der Waals surface area contributed by atoms with Crippen molar-refractivity contribution in [2.24, 2.45) is 0 Å². The lowest BCUT2D eigenvalue weighted by Gasteiger charge is -2.17. The first kappa shape index (κ1) is 14.4. The molecule has 0 aliphatic heterocycles. The number of anilines is 1. The fourth-order valence-electron chi connectivity index (χ4n) is 2.45. The highest BCUT2D eigenvalue weighted by Crippen LogP contribution is 2.27. The molecule has 0 amide bonds. The van der Waals surface area contributed by atoms with Crippen molar-refractivity contribution in [3.63, 3.8) is 0 Å². The number of hydrogen-bond acceptors (Lipinski definition) is 2. The number of hydrogen-bond donors (Lipinski definition) is 1. The molecular weight excluding hydrogens is 246 g/mol. The van der Waals surface area contributed by atoms with Gasteiger partial charge in [-0.05, 0) is 60.7 Å². The van der Waals surface area contributed by atoms with Gasteiger partial charge in [0, 0.05) is 5.69 Å². The average Bonchev–Trinajstić information content (AvgIpc) is 2.38. The van der Waals surface area contributed by atoms with Gasteiger partial charge >= 0.3 is 0 Å². The Hall–Kier alpha value is -1.96. The maximum Gasteiger partial charge on any atom is 0.121 e. The van der Waals surface area contributed by atoms with Crippen molar-refractivity contribution in [2.75, 3.05) is 5.73 Å². The van der Waals surface area contributed by atoms with Crippen LogP contribution in [0.25, 0.3) is 0 Å². The molecular formula is C18H23NO. The summed E-state index contributed by atoms with van der Waals surface area (Å²) in [5.41, 5.74) is 10.3. The predicted octanol–water partition coefficient (Wildman–Crippen LogP) is 4.84. The Morgan fingerprint density at radius 1 is 1.00 bits per heavy atom. The SMILES string of the molecule is Cc1cc(OC(C)c2cccc(N)c2)ccc1C(C)C. The maximum absolute atomic E-state index is 6.02. The Bertz CT molecular complexity index is 590. The van der Waals surface area contributed by atoms with Crippen LogP contribution in [-0.2, 0) is 0 Å². The molecule has 0 heterocycles. The fourth-order valence-corrected chi connectivity index (χ4v) is 2.45. The number of rotatable bonds is 4. The van der Waals surface area contributed by atoms with Gasteiger partial charge in [-0.2, -0.15) is 0 Å². The van der Waals surface area contributed by atoms with E-state index in [9.17, 15) is 0 Å². The molecule has 0 fully saturated rings.